The van der Waals surface area contributed by atoms with Crippen molar-refractivity contribution in [2.24, 2.45) is 0 Å². The van der Waals surface area contributed by atoms with Crippen LogP contribution in [0.4, 0.5) is 8.78 Å². The smallest absolute Gasteiger partial charge is 0.335 e. The highest BCUT2D eigenvalue weighted by atomic mass is 35.5. The fourth-order valence-corrected chi connectivity index (χ4v) is 5.95. The van der Waals surface area contributed by atoms with Gasteiger partial charge in [-0.15, -0.1) is 12.4 Å². The molecule has 1 amide bonds. The van der Waals surface area contributed by atoms with Crippen LogP contribution in [0, 0.1) is 18.6 Å². The van der Waals surface area contributed by atoms with Crippen LogP contribution in [-0.4, -0.2) is 64.5 Å². The van der Waals surface area contributed by atoms with E-state index >= 15 is 0 Å². The lowest BCUT2D eigenvalue weighted by atomic mass is 9.98. The molecule has 232 valence electrons. The Bertz CT molecular complexity index is 1610. The number of nitrogens with one attached hydrogen (secondary N) is 1. The number of halogens is 3. The number of methoxy groups -OCH3 is 1. The molecular weight excluding hydrogens is 590 g/mol. The number of benzene rings is 3. The predicted octanol–water partition coefficient (Wildman–Crippen LogP) is 5.76. The summed E-state index contributed by atoms with van der Waals surface area (Å²) in [5, 5.41) is 17.3. The first kappa shape index (κ1) is 32.8. The molecule has 1 aliphatic rings. The Morgan fingerprint density at radius 2 is 1.75 bits per heavy atom. The van der Waals surface area contributed by atoms with E-state index in [1.54, 1.807) is 30.0 Å². The molecule has 0 saturated carbocycles. The van der Waals surface area contributed by atoms with Gasteiger partial charge in [0.2, 0.25) is 5.91 Å². The number of aromatic nitrogens is 2. The molecule has 1 fully saturated rings. The molecule has 2 heterocycles. The molecule has 0 bridgehead atoms. The van der Waals surface area contributed by atoms with Gasteiger partial charge in [-0.1, -0.05) is 36.4 Å². The van der Waals surface area contributed by atoms with Crippen molar-refractivity contribution in [2.45, 2.75) is 44.3 Å². The van der Waals surface area contributed by atoms with E-state index in [1.165, 1.54) is 18.2 Å². The number of nitrogens with zero attached hydrogens (tertiary/aromatic N) is 3. The first-order valence-corrected chi connectivity index (χ1v) is 14.1. The number of carbonyl (C=O) groups is 2. The van der Waals surface area contributed by atoms with Crippen molar-refractivity contribution in [2.75, 3.05) is 20.8 Å². The number of carbonyl (C=O) groups excluding carboxylic acids is 1. The zero-order chi connectivity index (χ0) is 30.7. The van der Waals surface area contributed by atoms with Crippen molar-refractivity contribution in [3.05, 3.63) is 107 Å². The van der Waals surface area contributed by atoms with Gasteiger partial charge in [-0.25, -0.2) is 18.3 Å². The van der Waals surface area contributed by atoms with Crippen molar-refractivity contribution in [3.8, 4) is 16.9 Å². The van der Waals surface area contributed by atoms with Gasteiger partial charge >= 0.3 is 5.97 Å². The number of para-hydroxylation sites is 1. The Labute approximate surface area is 261 Å². The van der Waals surface area contributed by atoms with Gasteiger partial charge in [-0.2, -0.15) is 5.10 Å². The largest absolute Gasteiger partial charge is 0.478 e. The van der Waals surface area contributed by atoms with E-state index in [-0.39, 0.29) is 48.4 Å². The van der Waals surface area contributed by atoms with Crippen LogP contribution in [0.3, 0.4) is 0 Å². The molecular formula is C33H35ClF2N4O4. The Kier molecular flexibility index (Phi) is 10.5. The lowest BCUT2D eigenvalue weighted by Gasteiger charge is -2.28. The lowest BCUT2D eigenvalue weighted by molar-refractivity contribution is -0.121. The first-order valence-electron chi connectivity index (χ1n) is 14.1. The average molecular weight is 625 g/mol. The van der Waals surface area contributed by atoms with Crippen molar-refractivity contribution >= 4 is 24.3 Å². The van der Waals surface area contributed by atoms with Gasteiger partial charge in [0, 0.05) is 31.4 Å². The maximum atomic E-state index is 14.3. The molecule has 3 atom stereocenters. The summed E-state index contributed by atoms with van der Waals surface area (Å²) in [6.45, 7) is 2.43. The summed E-state index contributed by atoms with van der Waals surface area (Å²) in [4.78, 5) is 27.1. The monoisotopic (exact) mass is 624 g/mol. The molecule has 1 aromatic heterocycles. The molecule has 5 rings (SSSR count). The standard InChI is InChI=1S/C33H34F2N4O4.ClH/c1-20-29(39(24-7-5-4-6-8-24)37-31(20)21-9-11-22(12-10-21)33(41)42)19-30(40)36-28-18-25(15-16-43-3)38(2)32(28)23-13-14-26(34)27(35)17-23;/h4-14,17,25,28,32H,15-16,18-19H2,1-3H3,(H,36,40)(H,41,42);1H/t25-,28-,32+;/m1./s1. The van der Waals surface area contributed by atoms with Crippen LogP contribution in [0.25, 0.3) is 16.9 Å². The number of carboxylic acid groups (broad SMARTS) is 1. The quantitative estimate of drug-likeness (QED) is 0.233. The summed E-state index contributed by atoms with van der Waals surface area (Å²) in [6.07, 6.45) is 1.37. The van der Waals surface area contributed by atoms with Crippen molar-refractivity contribution in [3.63, 3.8) is 0 Å². The molecule has 0 unspecified atom stereocenters. The topological polar surface area (TPSA) is 96.7 Å². The highest BCUT2D eigenvalue weighted by Gasteiger charge is 2.40. The van der Waals surface area contributed by atoms with Crippen LogP contribution in [0.1, 0.15) is 46.1 Å². The van der Waals surface area contributed by atoms with Crippen molar-refractivity contribution in [1.82, 2.24) is 20.0 Å². The average Bonchev–Trinajstić information content (AvgIpc) is 3.49. The third kappa shape index (κ3) is 6.83. The number of amides is 1. The van der Waals surface area contributed by atoms with Crippen LogP contribution in [-0.2, 0) is 16.0 Å². The van der Waals surface area contributed by atoms with Gasteiger partial charge in [0.05, 0.1) is 35.1 Å². The van der Waals surface area contributed by atoms with E-state index in [0.717, 1.165) is 29.3 Å². The fraction of sp³-hybridized carbons (Fsp3) is 0.303. The van der Waals surface area contributed by atoms with Crippen LogP contribution < -0.4 is 5.32 Å². The van der Waals surface area contributed by atoms with Gasteiger partial charge in [0.25, 0.3) is 0 Å². The molecule has 44 heavy (non-hydrogen) atoms. The van der Waals surface area contributed by atoms with E-state index in [4.69, 9.17) is 9.84 Å². The third-order valence-electron chi connectivity index (χ3n) is 8.19. The number of hydrogen-bond acceptors (Lipinski definition) is 5. The first-order chi connectivity index (χ1) is 20.7. The number of rotatable bonds is 10. The van der Waals surface area contributed by atoms with E-state index in [1.807, 2.05) is 44.3 Å². The molecule has 11 heteroatoms. The Hall–Kier alpha value is -4.12. The molecule has 4 aromatic rings. The predicted molar refractivity (Wildman–Crippen MR) is 165 cm³/mol. The van der Waals surface area contributed by atoms with Gasteiger partial charge in [0.15, 0.2) is 11.6 Å². The summed E-state index contributed by atoms with van der Waals surface area (Å²) in [5.41, 5.74) is 4.39. The Morgan fingerprint density at radius 3 is 2.39 bits per heavy atom. The minimum absolute atomic E-state index is 0. The molecule has 3 aromatic carbocycles. The summed E-state index contributed by atoms with van der Waals surface area (Å²) in [7, 11) is 3.56. The zero-order valence-corrected chi connectivity index (χ0v) is 25.5. The zero-order valence-electron chi connectivity index (χ0n) is 24.7. The van der Waals surface area contributed by atoms with E-state index in [0.29, 0.717) is 30.0 Å². The van der Waals surface area contributed by atoms with Gasteiger partial charge in [0.1, 0.15) is 0 Å². The van der Waals surface area contributed by atoms with E-state index in [2.05, 4.69) is 10.2 Å². The third-order valence-corrected chi connectivity index (χ3v) is 8.19. The van der Waals surface area contributed by atoms with Crippen LogP contribution in [0.2, 0.25) is 0 Å². The van der Waals surface area contributed by atoms with Crippen LogP contribution >= 0.6 is 12.4 Å². The SMILES string of the molecule is COCC[C@@H]1C[C@@H](NC(=O)Cc2c(C)c(-c3ccc(C(=O)O)cc3)nn2-c2ccccc2)[C@H](c2ccc(F)c(F)c2)N1C.Cl. The summed E-state index contributed by atoms with van der Waals surface area (Å²) < 4.78 is 35.0. The molecule has 2 N–H and O–H groups in total. The Morgan fingerprint density at radius 1 is 1.05 bits per heavy atom. The minimum Gasteiger partial charge on any atom is -0.478 e. The number of carboxylic acids is 1. The van der Waals surface area contributed by atoms with E-state index in [9.17, 15) is 23.5 Å². The normalized spacial score (nSPS) is 18.2. The summed E-state index contributed by atoms with van der Waals surface area (Å²) in [6, 6.07) is 19.2. The number of hydrogen-bond donors (Lipinski definition) is 2. The molecule has 0 spiro atoms. The minimum atomic E-state index is -1.01. The maximum absolute atomic E-state index is 14.3. The molecule has 0 radical (unpaired) electrons. The molecule has 1 aliphatic heterocycles. The second-order valence-electron chi connectivity index (χ2n) is 10.9. The molecule has 0 aliphatic carbocycles. The second-order valence-corrected chi connectivity index (χ2v) is 10.9. The van der Waals surface area contributed by atoms with Crippen molar-refractivity contribution < 1.29 is 28.2 Å². The maximum Gasteiger partial charge on any atom is 0.335 e. The van der Waals surface area contributed by atoms with E-state index < -0.39 is 17.6 Å². The summed E-state index contributed by atoms with van der Waals surface area (Å²) >= 11 is 0. The Balaban J connectivity index is 0.00000442. The second kappa shape index (κ2) is 14.1. The van der Waals surface area contributed by atoms with Crippen molar-refractivity contribution in [1.29, 1.82) is 0 Å². The van der Waals surface area contributed by atoms with Crippen LogP contribution in [0.15, 0.2) is 72.8 Å². The number of ether oxygens (including phenoxy) is 1. The fourth-order valence-electron chi connectivity index (χ4n) is 5.95. The summed E-state index contributed by atoms with van der Waals surface area (Å²) in [5.74, 6) is -3.09. The lowest BCUT2D eigenvalue weighted by Crippen LogP contribution is -2.40. The number of likely N-dealkylation sites (N-methyl/N-ethyl adjacent to an activating group) is 1. The molecule has 1 saturated heterocycles. The van der Waals surface area contributed by atoms with Gasteiger partial charge in [-0.05, 0) is 74.3 Å². The van der Waals surface area contributed by atoms with Crippen LogP contribution in [0.5, 0.6) is 0 Å². The number of likely N-dealkylation sites (tertiary alicyclic amines) is 1. The van der Waals surface area contributed by atoms with Gasteiger partial charge < -0.3 is 15.2 Å². The highest BCUT2D eigenvalue weighted by Crippen LogP contribution is 2.37. The molecule has 8 nitrogen and oxygen atoms in total. The highest BCUT2D eigenvalue weighted by molar-refractivity contribution is 5.88. The number of aromatic carboxylic acids is 1. The van der Waals surface area contributed by atoms with Gasteiger partial charge in [-0.3, -0.25) is 9.69 Å².